The number of piperazine rings is 1. The molecule has 0 radical (unpaired) electrons. The lowest BCUT2D eigenvalue weighted by Crippen LogP contribution is -2.55. The minimum absolute atomic E-state index is 0.0699. The number of carbonyl (C=O) groups is 1. The van der Waals surface area contributed by atoms with Crippen LogP contribution in [0.3, 0.4) is 0 Å². The van der Waals surface area contributed by atoms with E-state index in [-0.39, 0.29) is 11.9 Å². The van der Waals surface area contributed by atoms with Crippen LogP contribution in [0.15, 0.2) is 79.0 Å². The van der Waals surface area contributed by atoms with Crippen molar-refractivity contribution in [2.75, 3.05) is 31.5 Å². The minimum Gasteiger partial charge on any atom is -0.369 e. The molecule has 1 aliphatic heterocycles. The molecule has 0 bridgehead atoms. The second kappa shape index (κ2) is 11.8. The summed E-state index contributed by atoms with van der Waals surface area (Å²) in [5.41, 5.74) is 3.23. The van der Waals surface area contributed by atoms with Crippen molar-refractivity contribution in [1.82, 2.24) is 14.8 Å². The number of anilines is 1. The summed E-state index contributed by atoms with van der Waals surface area (Å²) in [5, 5.41) is 3.40. The van der Waals surface area contributed by atoms with Crippen LogP contribution >= 0.6 is 0 Å². The zero-order valence-electron chi connectivity index (χ0n) is 20.4. The Kier molecular flexibility index (Phi) is 8.31. The Labute approximate surface area is 203 Å². The third kappa shape index (κ3) is 6.45. The summed E-state index contributed by atoms with van der Waals surface area (Å²) in [6, 6.07) is 25.0. The van der Waals surface area contributed by atoms with E-state index in [1.165, 1.54) is 11.1 Å². The van der Waals surface area contributed by atoms with Gasteiger partial charge in [-0.15, -0.1) is 0 Å². The largest absolute Gasteiger partial charge is 0.369 e. The Bertz CT molecular complexity index is 1040. The van der Waals surface area contributed by atoms with Crippen molar-refractivity contribution < 1.29 is 4.79 Å². The number of carbonyl (C=O) groups excluding carboxylic acids is 1. The molecule has 1 N–H and O–H groups in total. The summed E-state index contributed by atoms with van der Waals surface area (Å²) in [6.07, 6.45) is 3.64. The topological polar surface area (TPSA) is 48.5 Å². The molecule has 3 aromatic rings. The zero-order valence-corrected chi connectivity index (χ0v) is 20.4. The average molecular weight is 457 g/mol. The molecule has 0 saturated carbocycles. The van der Waals surface area contributed by atoms with Crippen molar-refractivity contribution in [2.24, 2.45) is 5.92 Å². The first kappa shape index (κ1) is 24.0. The number of hydrogen-bond acceptors (Lipinski definition) is 4. The predicted molar refractivity (Wildman–Crippen MR) is 139 cm³/mol. The van der Waals surface area contributed by atoms with Crippen LogP contribution in [0.5, 0.6) is 0 Å². The molecule has 34 heavy (non-hydrogen) atoms. The summed E-state index contributed by atoms with van der Waals surface area (Å²) in [6.45, 7) is 8.55. The lowest BCUT2D eigenvalue weighted by molar-refractivity contribution is 0.0439. The Morgan fingerprint density at radius 1 is 0.971 bits per heavy atom. The number of hydrogen-bond donors (Lipinski definition) is 1. The Balaban J connectivity index is 1.52. The number of aromatic nitrogens is 1. The van der Waals surface area contributed by atoms with Gasteiger partial charge in [0.05, 0.1) is 5.56 Å². The van der Waals surface area contributed by atoms with Crippen LogP contribution in [0.2, 0.25) is 0 Å². The highest BCUT2D eigenvalue weighted by molar-refractivity contribution is 5.99. The molecule has 0 spiro atoms. The van der Waals surface area contributed by atoms with Gasteiger partial charge < -0.3 is 10.2 Å². The minimum atomic E-state index is 0.0699. The van der Waals surface area contributed by atoms with E-state index in [4.69, 9.17) is 0 Å². The van der Waals surface area contributed by atoms with E-state index >= 15 is 0 Å². The van der Waals surface area contributed by atoms with Gasteiger partial charge in [-0.3, -0.25) is 9.69 Å². The number of pyridine rings is 1. The van der Waals surface area contributed by atoms with Crippen LogP contribution in [0.1, 0.15) is 41.8 Å². The summed E-state index contributed by atoms with van der Waals surface area (Å²) in [7, 11) is 0. The summed E-state index contributed by atoms with van der Waals surface area (Å²) in [4.78, 5) is 22.9. The molecule has 1 amide bonds. The Morgan fingerprint density at radius 2 is 1.68 bits per heavy atom. The third-order valence-electron chi connectivity index (χ3n) is 6.44. The van der Waals surface area contributed by atoms with Gasteiger partial charge in [-0.2, -0.15) is 0 Å². The fraction of sp³-hybridized carbons (Fsp3) is 0.379. The van der Waals surface area contributed by atoms with Crippen LogP contribution in [-0.4, -0.2) is 52.9 Å². The second-order valence-corrected chi connectivity index (χ2v) is 9.57. The van der Waals surface area contributed by atoms with Crippen molar-refractivity contribution in [3.63, 3.8) is 0 Å². The molecule has 4 rings (SSSR count). The van der Waals surface area contributed by atoms with Crippen molar-refractivity contribution >= 4 is 11.7 Å². The molecule has 2 heterocycles. The van der Waals surface area contributed by atoms with Gasteiger partial charge in [0, 0.05) is 45.0 Å². The highest BCUT2D eigenvalue weighted by Gasteiger charge is 2.32. The maximum absolute atomic E-state index is 13.8. The number of rotatable bonds is 9. The smallest absolute Gasteiger partial charge is 0.257 e. The first-order valence-corrected chi connectivity index (χ1v) is 12.4. The third-order valence-corrected chi connectivity index (χ3v) is 6.44. The van der Waals surface area contributed by atoms with Gasteiger partial charge in [0.1, 0.15) is 5.82 Å². The lowest BCUT2D eigenvalue weighted by atomic mass is 10.0. The molecule has 0 aliphatic carbocycles. The Hall–Kier alpha value is -3.18. The normalized spacial score (nSPS) is 16.6. The second-order valence-electron chi connectivity index (χ2n) is 9.57. The van der Waals surface area contributed by atoms with Gasteiger partial charge in [-0.1, -0.05) is 74.5 Å². The molecule has 5 heteroatoms. The van der Waals surface area contributed by atoms with Crippen molar-refractivity contribution in [1.29, 1.82) is 0 Å². The van der Waals surface area contributed by atoms with Gasteiger partial charge in [-0.05, 0) is 42.0 Å². The maximum Gasteiger partial charge on any atom is 0.257 e. The standard InChI is InChI=1S/C29H36N4O/c1-23(2)15-17-31-28-27(14-9-16-30-28)29(34)33-19-18-32(21-25-12-7-4-8-13-25)22-26(33)20-24-10-5-3-6-11-24/h3-14,16,23,26H,15,17-22H2,1-2H3,(H,30,31)/t26-/m0/s1. The van der Waals surface area contributed by atoms with Crippen LogP contribution in [0, 0.1) is 5.92 Å². The van der Waals surface area contributed by atoms with Crippen LogP contribution in [0.4, 0.5) is 5.82 Å². The van der Waals surface area contributed by atoms with E-state index in [0.717, 1.165) is 39.0 Å². The maximum atomic E-state index is 13.8. The highest BCUT2D eigenvalue weighted by Crippen LogP contribution is 2.22. The molecule has 1 atom stereocenters. The monoisotopic (exact) mass is 456 g/mol. The number of amides is 1. The SMILES string of the molecule is CC(C)CCNc1ncccc1C(=O)N1CCN(Cc2ccccc2)C[C@@H]1Cc1ccccc1. The Morgan fingerprint density at radius 3 is 2.38 bits per heavy atom. The van der Waals surface area contributed by atoms with E-state index < -0.39 is 0 Å². The zero-order chi connectivity index (χ0) is 23.8. The van der Waals surface area contributed by atoms with Gasteiger partial charge in [-0.25, -0.2) is 4.98 Å². The van der Waals surface area contributed by atoms with Gasteiger partial charge >= 0.3 is 0 Å². The quantitative estimate of drug-likeness (QED) is 0.486. The van der Waals surface area contributed by atoms with E-state index in [1.54, 1.807) is 6.20 Å². The van der Waals surface area contributed by atoms with Crippen LogP contribution < -0.4 is 5.32 Å². The molecule has 5 nitrogen and oxygen atoms in total. The molecule has 1 aliphatic rings. The highest BCUT2D eigenvalue weighted by atomic mass is 16.2. The molecule has 1 fully saturated rings. The first-order chi connectivity index (χ1) is 16.6. The number of nitrogens with one attached hydrogen (secondary N) is 1. The van der Waals surface area contributed by atoms with Gasteiger partial charge in [0.2, 0.25) is 0 Å². The summed E-state index contributed by atoms with van der Waals surface area (Å²) in [5.74, 6) is 1.36. The molecule has 1 saturated heterocycles. The van der Waals surface area contributed by atoms with E-state index in [9.17, 15) is 4.79 Å². The molecule has 1 aromatic heterocycles. The fourth-order valence-corrected chi connectivity index (χ4v) is 4.59. The van der Waals surface area contributed by atoms with Crippen LogP contribution in [-0.2, 0) is 13.0 Å². The van der Waals surface area contributed by atoms with Crippen molar-refractivity contribution in [2.45, 2.75) is 39.3 Å². The molecular formula is C29H36N4O. The molecule has 178 valence electrons. The lowest BCUT2D eigenvalue weighted by Gasteiger charge is -2.42. The molecule has 2 aromatic carbocycles. The van der Waals surface area contributed by atoms with Crippen LogP contribution in [0.25, 0.3) is 0 Å². The number of nitrogens with zero attached hydrogens (tertiary/aromatic N) is 3. The van der Waals surface area contributed by atoms with E-state index in [1.807, 2.05) is 18.2 Å². The summed E-state index contributed by atoms with van der Waals surface area (Å²) >= 11 is 0. The van der Waals surface area contributed by atoms with Gasteiger partial charge in [0.25, 0.3) is 5.91 Å². The van der Waals surface area contributed by atoms with Crippen molar-refractivity contribution in [3.8, 4) is 0 Å². The first-order valence-electron chi connectivity index (χ1n) is 12.4. The molecule has 0 unspecified atom stereocenters. The van der Waals surface area contributed by atoms with E-state index in [2.05, 4.69) is 88.5 Å². The predicted octanol–water partition coefficient (Wildman–Crippen LogP) is 5.11. The van der Waals surface area contributed by atoms with E-state index in [0.29, 0.717) is 23.8 Å². The van der Waals surface area contributed by atoms with Crippen molar-refractivity contribution in [3.05, 3.63) is 95.7 Å². The van der Waals surface area contributed by atoms with Gasteiger partial charge in [0.15, 0.2) is 0 Å². The molecular weight excluding hydrogens is 420 g/mol. The fourth-order valence-electron chi connectivity index (χ4n) is 4.59. The summed E-state index contributed by atoms with van der Waals surface area (Å²) < 4.78 is 0. The average Bonchev–Trinajstić information content (AvgIpc) is 2.85. The number of benzene rings is 2.